The molecule has 0 aromatic heterocycles. The number of aliphatic hydroxyl groups excluding tert-OH is 1. The van der Waals surface area contributed by atoms with Crippen LogP contribution in [0.2, 0.25) is 0 Å². The van der Waals surface area contributed by atoms with E-state index in [1.807, 2.05) is 48.5 Å². The lowest BCUT2D eigenvalue weighted by Gasteiger charge is -2.41. The number of sulfonamides is 1. The minimum atomic E-state index is -4.15. The minimum Gasteiger partial charge on any atom is -0.493 e. The number of aliphatic hydroxyl groups is 1. The molecule has 0 spiro atoms. The summed E-state index contributed by atoms with van der Waals surface area (Å²) in [7, 11) is -1.11. The van der Waals surface area contributed by atoms with Gasteiger partial charge in [-0.1, -0.05) is 36.4 Å². The Kier molecular flexibility index (Phi) is 12.2. The largest absolute Gasteiger partial charge is 0.493 e. The van der Waals surface area contributed by atoms with Crippen LogP contribution in [0.25, 0.3) is 0 Å². The molecular formula is C36H45N3O10S. The highest BCUT2D eigenvalue weighted by Gasteiger charge is 2.43. The van der Waals surface area contributed by atoms with Crippen molar-refractivity contribution in [2.24, 2.45) is 5.92 Å². The van der Waals surface area contributed by atoms with E-state index in [9.17, 15) is 23.1 Å². The number of piperidine rings is 1. The minimum absolute atomic E-state index is 0.0565. The monoisotopic (exact) mass is 711 g/mol. The van der Waals surface area contributed by atoms with Crippen LogP contribution < -0.4 is 24.2 Å². The molecule has 1 fully saturated rings. The van der Waals surface area contributed by atoms with Gasteiger partial charge in [0, 0.05) is 75.0 Å². The zero-order valence-electron chi connectivity index (χ0n) is 28.3. The number of hydrogen-bond donors (Lipinski definition) is 4. The molecular weight excluding hydrogens is 666 g/mol. The SMILES string of the molecule is COCCCCC1(CNC(=O)[C@H]2C[C@@H](NS(=O)(=O)c3ccc(OCCCO)c(OC)c3)CN(C(=O)O)C2)c2ccccc2Oc2ccccc21. The Bertz CT molecular complexity index is 1710. The number of para-hydroxylation sites is 2. The Morgan fingerprint density at radius 3 is 2.28 bits per heavy atom. The lowest BCUT2D eigenvalue weighted by atomic mass is 9.69. The zero-order chi connectivity index (χ0) is 35.7. The molecule has 2 atom stereocenters. The quantitative estimate of drug-likeness (QED) is 0.158. The van der Waals surface area contributed by atoms with Gasteiger partial charge in [-0.05, 0) is 49.9 Å². The molecule has 1 saturated heterocycles. The van der Waals surface area contributed by atoms with Crippen LogP contribution >= 0.6 is 0 Å². The summed E-state index contributed by atoms with van der Waals surface area (Å²) in [6.45, 7) is 0.781. The first-order valence-corrected chi connectivity index (χ1v) is 18.2. The summed E-state index contributed by atoms with van der Waals surface area (Å²) in [6, 6.07) is 18.8. The second-order valence-electron chi connectivity index (χ2n) is 12.5. The number of hydrogen-bond acceptors (Lipinski definition) is 9. The Balaban J connectivity index is 1.36. The lowest BCUT2D eigenvalue weighted by molar-refractivity contribution is -0.126. The molecule has 14 heteroatoms. The van der Waals surface area contributed by atoms with Crippen LogP contribution in [0.5, 0.6) is 23.0 Å². The molecule has 0 saturated carbocycles. The summed E-state index contributed by atoms with van der Waals surface area (Å²) in [5, 5.41) is 22.1. The highest BCUT2D eigenvalue weighted by molar-refractivity contribution is 7.89. The fraction of sp³-hybridized carbons (Fsp3) is 0.444. The van der Waals surface area contributed by atoms with Gasteiger partial charge < -0.3 is 39.4 Å². The molecule has 4 N–H and O–H groups in total. The predicted molar refractivity (Wildman–Crippen MR) is 184 cm³/mol. The molecule has 2 heterocycles. The number of fused-ring (bicyclic) bond motifs is 2. The van der Waals surface area contributed by atoms with Gasteiger partial charge in [0.25, 0.3) is 0 Å². The normalized spacial score (nSPS) is 17.9. The highest BCUT2D eigenvalue weighted by atomic mass is 32.2. The number of ether oxygens (including phenoxy) is 4. The summed E-state index contributed by atoms with van der Waals surface area (Å²) in [5.41, 5.74) is 1.25. The maximum absolute atomic E-state index is 14.0. The van der Waals surface area contributed by atoms with Gasteiger partial charge >= 0.3 is 6.09 Å². The number of rotatable bonds is 16. The molecule has 3 aromatic rings. The molecule has 3 aromatic carbocycles. The van der Waals surface area contributed by atoms with Crippen LogP contribution in [0.4, 0.5) is 4.79 Å². The van der Waals surface area contributed by atoms with Crippen LogP contribution in [0.1, 0.15) is 43.2 Å². The standard InChI is InChI=1S/C36H45N3O10S/c1-46-18-8-7-16-36(28-10-3-5-12-30(28)49-31-13-6-4-11-29(31)36)24-37-34(41)25-20-26(23-39(22-25)35(42)43)38-50(44,45)27-14-15-32(33(21-27)47-2)48-19-9-17-40/h3-6,10-15,21,25-26,38,40H,7-9,16-20,22-24H2,1-2H3,(H,37,41)(H,42,43)/t25-,26+/m0/s1. The van der Waals surface area contributed by atoms with E-state index in [1.165, 1.54) is 25.3 Å². The first-order valence-electron chi connectivity index (χ1n) is 16.7. The number of unbranched alkanes of at least 4 members (excludes halogenated alkanes) is 1. The van der Waals surface area contributed by atoms with Crippen molar-refractivity contribution in [3.8, 4) is 23.0 Å². The Morgan fingerprint density at radius 1 is 0.940 bits per heavy atom. The molecule has 13 nitrogen and oxygen atoms in total. The third-order valence-corrected chi connectivity index (χ3v) is 10.7. The Hall–Kier alpha value is -4.37. The third kappa shape index (κ3) is 8.32. The van der Waals surface area contributed by atoms with Crippen molar-refractivity contribution in [1.82, 2.24) is 14.9 Å². The molecule has 2 amide bonds. The van der Waals surface area contributed by atoms with Crippen molar-refractivity contribution < 1.29 is 47.2 Å². The van der Waals surface area contributed by atoms with Crippen molar-refractivity contribution in [1.29, 1.82) is 0 Å². The number of benzene rings is 3. The van der Waals surface area contributed by atoms with Gasteiger partial charge in [0.1, 0.15) is 11.5 Å². The number of carboxylic acid groups (broad SMARTS) is 1. The third-order valence-electron chi connectivity index (χ3n) is 9.21. The Morgan fingerprint density at radius 2 is 1.64 bits per heavy atom. The average molecular weight is 712 g/mol. The lowest BCUT2D eigenvalue weighted by Crippen LogP contribution is -2.56. The molecule has 2 aliphatic heterocycles. The smallest absolute Gasteiger partial charge is 0.407 e. The van der Waals surface area contributed by atoms with Crippen molar-refractivity contribution in [2.45, 2.75) is 48.5 Å². The number of nitrogens with zero attached hydrogens (tertiary/aromatic N) is 1. The van der Waals surface area contributed by atoms with E-state index in [4.69, 9.17) is 24.1 Å². The number of carbonyl (C=O) groups excluding carboxylic acids is 1. The molecule has 50 heavy (non-hydrogen) atoms. The van der Waals surface area contributed by atoms with Crippen molar-refractivity contribution in [2.75, 3.05) is 53.7 Å². The van der Waals surface area contributed by atoms with Crippen LogP contribution in [0, 0.1) is 5.92 Å². The first kappa shape index (κ1) is 36.9. The zero-order valence-corrected chi connectivity index (χ0v) is 29.1. The second kappa shape index (κ2) is 16.6. The molecule has 0 aliphatic carbocycles. The maximum atomic E-state index is 14.0. The molecule has 0 radical (unpaired) electrons. The van der Waals surface area contributed by atoms with Crippen LogP contribution in [-0.2, 0) is 25.0 Å². The molecule has 0 bridgehead atoms. The van der Waals surface area contributed by atoms with E-state index in [1.54, 1.807) is 7.11 Å². The number of nitrogens with one attached hydrogen (secondary N) is 2. The topological polar surface area (TPSA) is 173 Å². The summed E-state index contributed by atoms with van der Waals surface area (Å²) in [6.07, 6.45) is 1.56. The van der Waals surface area contributed by atoms with Crippen molar-refractivity contribution in [3.63, 3.8) is 0 Å². The van der Waals surface area contributed by atoms with Crippen molar-refractivity contribution in [3.05, 3.63) is 77.9 Å². The van der Waals surface area contributed by atoms with Gasteiger partial charge in [0.2, 0.25) is 15.9 Å². The Labute approximate surface area is 292 Å². The first-order chi connectivity index (χ1) is 24.1. The van der Waals surface area contributed by atoms with Gasteiger partial charge in [0.15, 0.2) is 11.5 Å². The van der Waals surface area contributed by atoms with Crippen LogP contribution in [-0.4, -0.2) is 95.2 Å². The summed E-state index contributed by atoms with van der Waals surface area (Å²) in [5.74, 6) is 0.726. The predicted octanol–water partition coefficient (Wildman–Crippen LogP) is 4.13. The second-order valence-corrected chi connectivity index (χ2v) is 14.2. The van der Waals surface area contributed by atoms with Crippen molar-refractivity contribution >= 4 is 22.0 Å². The van der Waals surface area contributed by atoms with E-state index < -0.39 is 33.5 Å². The average Bonchev–Trinajstić information content (AvgIpc) is 3.12. The number of methoxy groups -OCH3 is 2. The number of amides is 2. The fourth-order valence-electron chi connectivity index (χ4n) is 6.77. The van der Waals surface area contributed by atoms with E-state index >= 15 is 0 Å². The van der Waals surface area contributed by atoms with Gasteiger partial charge in [-0.25, -0.2) is 17.9 Å². The summed E-state index contributed by atoms with van der Waals surface area (Å²) >= 11 is 0. The highest BCUT2D eigenvalue weighted by Crippen LogP contribution is 2.50. The van der Waals surface area contributed by atoms with Gasteiger partial charge in [0.05, 0.1) is 24.5 Å². The molecule has 2 aliphatic rings. The van der Waals surface area contributed by atoms with E-state index in [2.05, 4.69) is 10.0 Å². The number of carbonyl (C=O) groups is 2. The van der Waals surface area contributed by atoms with Gasteiger partial charge in [-0.15, -0.1) is 0 Å². The number of likely N-dealkylation sites (tertiary alicyclic amines) is 1. The van der Waals surface area contributed by atoms with E-state index in [-0.39, 0.29) is 55.8 Å². The fourth-order valence-corrected chi connectivity index (χ4v) is 8.02. The van der Waals surface area contributed by atoms with Crippen LogP contribution in [0.3, 0.4) is 0 Å². The van der Waals surface area contributed by atoms with E-state index in [0.29, 0.717) is 36.7 Å². The summed E-state index contributed by atoms with van der Waals surface area (Å²) < 4.78 is 52.1. The molecule has 5 rings (SSSR count). The molecule has 0 unspecified atom stereocenters. The molecule has 270 valence electrons. The van der Waals surface area contributed by atoms with Gasteiger partial charge in [-0.3, -0.25) is 4.79 Å². The van der Waals surface area contributed by atoms with Gasteiger partial charge in [-0.2, -0.15) is 0 Å². The van der Waals surface area contributed by atoms with E-state index in [0.717, 1.165) is 28.9 Å². The van der Waals surface area contributed by atoms with Crippen LogP contribution in [0.15, 0.2) is 71.6 Å². The maximum Gasteiger partial charge on any atom is 0.407 e. The summed E-state index contributed by atoms with van der Waals surface area (Å²) in [4.78, 5) is 27.1.